The number of nitrogens with one attached hydrogen (secondary N) is 1. The Hall–Kier alpha value is -0.317. The minimum absolute atomic E-state index is 0. The summed E-state index contributed by atoms with van der Waals surface area (Å²) < 4.78 is -0.382. The molecule has 0 saturated carbocycles. The zero-order valence-corrected chi connectivity index (χ0v) is 14.7. The maximum atomic E-state index is 11.1. The van der Waals surface area contributed by atoms with Crippen LogP contribution < -0.4 is 8.99 Å². The first-order valence-corrected chi connectivity index (χ1v) is 17.4. The van der Waals surface area contributed by atoms with Crippen molar-refractivity contribution in [2.24, 2.45) is 5.73 Å². The maximum absolute atomic E-state index is 11.1. The van der Waals surface area contributed by atoms with Gasteiger partial charge in [0.2, 0.25) is 0 Å². The Morgan fingerprint density at radius 1 is 0.773 bits per heavy atom. The Labute approximate surface area is 149 Å². The van der Waals surface area contributed by atoms with Crippen LogP contribution >= 0.6 is 0 Å². The molecule has 10 nitrogen and oxygen atoms in total. The van der Waals surface area contributed by atoms with Gasteiger partial charge in [-0.05, 0) is 0 Å². The van der Waals surface area contributed by atoms with Crippen LogP contribution in [0.4, 0.5) is 0 Å². The van der Waals surface area contributed by atoms with Crippen molar-refractivity contribution in [3.05, 3.63) is 0 Å². The Kier molecular flexibility index (Phi) is 10.6. The third-order valence-electron chi connectivity index (χ3n) is 2.90. The zero-order chi connectivity index (χ0) is 16.7. The number of hydrogen-bond donors (Lipinski definition) is 6. The van der Waals surface area contributed by atoms with Crippen LogP contribution in [-0.2, 0) is 19.2 Å². The standard InChI is InChI=1S/C2H7N2.4C2H3O2.Bi.Na.H/c3-1-2-4;4*1-2(3)4;;;/h3H,1-2,4H2;4*1H2,(H,3,4);;;/q-1;;;;;+1;;. The predicted octanol–water partition coefficient (Wildman–Crippen LogP) is -1.88. The van der Waals surface area contributed by atoms with Crippen molar-refractivity contribution in [2.45, 2.75) is 16.5 Å². The second-order valence-electron chi connectivity index (χ2n) is 4.88. The summed E-state index contributed by atoms with van der Waals surface area (Å²) in [5.74, 6) is -5.68. The van der Waals surface area contributed by atoms with E-state index in [0.717, 1.165) is 0 Å². The summed E-state index contributed by atoms with van der Waals surface area (Å²) in [6.45, 7) is -0.0301. The number of hydrogen-bond acceptors (Lipinski definition) is 6. The van der Waals surface area contributed by atoms with Crippen LogP contribution in [-0.4, -0.2) is 106 Å². The molecule has 0 unspecified atom stereocenters. The molecule has 0 fully saturated rings. The van der Waals surface area contributed by atoms with Crippen LogP contribution in [0.3, 0.4) is 0 Å². The molecule has 0 amide bonds. The van der Waals surface area contributed by atoms with Crippen LogP contribution in [0, 0.1) is 0 Å². The summed E-state index contributed by atoms with van der Waals surface area (Å²) in [5.41, 5.74) is 5.30. The van der Waals surface area contributed by atoms with Gasteiger partial charge in [0.1, 0.15) is 0 Å². The topological polar surface area (TPSA) is 187 Å². The van der Waals surface area contributed by atoms with Gasteiger partial charge in [0.05, 0.1) is 0 Å². The molecule has 0 aliphatic rings. The molecule has 0 aromatic heterocycles. The Bertz CT molecular complexity index is 383. The van der Waals surface area contributed by atoms with E-state index in [4.69, 9.17) is 26.2 Å². The first kappa shape index (κ1) is 23.9. The summed E-state index contributed by atoms with van der Waals surface area (Å²) in [4.78, 5) is 44.5. The van der Waals surface area contributed by atoms with Crippen LogP contribution in [0.2, 0.25) is 16.5 Å². The monoisotopic (exact) mass is 528 g/mol. The van der Waals surface area contributed by atoms with E-state index in [1.54, 1.807) is 0 Å². The van der Waals surface area contributed by atoms with E-state index in [-0.39, 0.29) is 42.6 Å². The molecule has 22 heavy (non-hydrogen) atoms. The van der Waals surface area contributed by atoms with E-state index < -0.39 is 59.5 Å². The number of carboxylic acids is 4. The van der Waals surface area contributed by atoms with Crippen molar-refractivity contribution in [3.63, 3.8) is 0 Å². The van der Waals surface area contributed by atoms with Crippen LogP contribution in [0.5, 0.6) is 0 Å². The van der Waals surface area contributed by atoms with Crippen LogP contribution in [0.1, 0.15) is 0 Å². The first-order valence-electron chi connectivity index (χ1n) is 5.88. The van der Waals surface area contributed by atoms with Crippen molar-refractivity contribution in [1.82, 2.24) is 3.26 Å². The van der Waals surface area contributed by atoms with Gasteiger partial charge in [0, 0.05) is 0 Å². The van der Waals surface area contributed by atoms with Gasteiger partial charge in [0.15, 0.2) is 0 Å². The summed E-state index contributed by atoms with van der Waals surface area (Å²) >= 11 is -5.48. The molecule has 0 spiro atoms. The molecule has 0 atom stereocenters. The number of rotatable bonds is 11. The normalized spacial score (nSPS) is 12.5. The van der Waals surface area contributed by atoms with Gasteiger partial charge in [-0.15, -0.1) is 0 Å². The molecule has 0 aliphatic heterocycles. The van der Waals surface area contributed by atoms with Crippen molar-refractivity contribution in [3.8, 4) is 0 Å². The summed E-state index contributed by atoms with van der Waals surface area (Å²) in [6, 6.07) is 0. The van der Waals surface area contributed by atoms with Crippen molar-refractivity contribution in [2.75, 3.05) is 13.1 Å². The van der Waals surface area contributed by atoms with Crippen LogP contribution in [0.25, 0.3) is 0 Å². The molecule has 12 heteroatoms. The van der Waals surface area contributed by atoms with Gasteiger partial charge in [-0.25, -0.2) is 0 Å². The average molecular weight is 528 g/mol. The number of carbonyl (C=O) groups is 4. The predicted molar refractivity (Wildman–Crippen MR) is 79.7 cm³/mol. The van der Waals surface area contributed by atoms with Gasteiger partial charge in [0.25, 0.3) is 0 Å². The van der Waals surface area contributed by atoms with E-state index >= 15 is 0 Å². The molecular weight excluding hydrogens is 508 g/mol. The van der Waals surface area contributed by atoms with Gasteiger partial charge in [-0.3, -0.25) is 0 Å². The minimum atomic E-state index is -5.48. The third kappa shape index (κ3) is 7.80. The summed E-state index contributed by atoms with van der Waals surface area (Å²) in [5, 5.41) is 36.2. The van der Waals surface area contributed by atoms with Gasteiger partial charge in [-0.1, -0.05) is 0 Å². The Morgan fingerprint density at radius 2 is 1.05 bits per heavy atom. The molecule has 124 valence electrons. The van der Waals surface area contributed by atoms with Gasteiger partial charge >= 0.3 is 151 Å². The van der Waals surface area contributed by atoms with E-state index in [9.17, 15) is 19.2 Å². The van der Waals surface area contributed by atoms with Crippen molar-refractivity contribution in [1.29, 1.82) is 0 Å². The van der Waals surface area contributed by atoms with Crippen LogP contribution in [0.15, 0.2) is 0 Å². The van der Waals surface area contributed by atoms with E-state index in [1.807, 2.05) is 0 Å². The fourth-order valence-corrected chi connectivity index (χ4v) is 20.7. The molecule has 0 radical (unpaired) electrons. The average Bonchev–Trinajstić information content (AvgIpc) is 2.21. The first-order chi connectivity index (χ1) is 9.54. The summed E-state index contributed by atoms with van der Waals surface area (Å²) in [7, 11) is 0. The molecular formula is C10H20BiN2NaO8. The number of nitrogens with two attached hydrogens (primary N) is 1. The molecule has 0 saturated heterocycles. The molecule has 0 aromatic rings. The van der Waals surface area contributed by atoms with E-state index in [2.05, 4.69) is 3.26 Å². The fourth-order valence-electron chi connectivity index (χ4n) is 2.36. The van der Waals surface area contributed by atoms with E-state index in [0.29, 0.717) is 0 Å². The molecule has 0 aromatic carbocycles. The Balaban J connectivity index is 0. The zero-order valence-electron chi connectivity index (χ0n) is 11.2. The second-order valence-corrected chi connectivity index (χ2v) is 26.4. The Morgan fingerprint density at radius 3 is 1.23 bits per heavy atom. The molecule has 0 rings (SSSR count). The second kappa shape index (κ2) is 9.74. The number of aliphatic carboxylic acids is 4. The quantitative estimate of drug-likeness (QED) is 0.166. The van der Waals surface area contributed by atoms with Gasteiger partial charge < -0.3 is 0 Å². The third-order valence-corrected chi connectivity index (χ3v) is 24.3. The van der Waals surface area contributed by atoms with Crippen molar-refractivity contribution >= 4 is 72.5 Å². The van der Waals surface area contributed by atoms with E-state index in [1.165, 1.54) is 0 Å². The molecule has 0 heterocycles. The molecule has 0 bridgehead atoms. The SMILES string of the molecule is NCC[NH][Bi]([CH2]C(=O)O)([CH2]C(=O)O)([CH2]C(=O)O)[CH2]C(=O)O.[NaH]. The van der Waals surface area contributed by atoms with Crippen molar-refractivity contribution < 1.29 is 39.6 Å². The molecule has 0 aliphatic carbocycles. The fraction of sp³-hybridized carbons (Fsp3) is 0.600. The molecule has 7 N–H and O–H groups in total. The van der Waals surface area contributed by atoms with Gasteiger partial charge in [-0.2, -0.15) is 0 Å². The summed E-state index contributed by atoms with van der Waals surface area (Å²) in [6.07, 6.45) is 0. The number of carboxylic acid groups (broad SMARTS) is 4.